The molecule has 1 unspecified atom stereocenters. The minimum absolute atomic E-state index is 0.0500. The molecule has 128 valence electrons. The summed E-state index contributed by atoms with van der Waals surface area (Å²) in [6, 6.07) is 15.5. The lowest BCUT2D eigenvalue weighted by Crippen LogP contribution is -2.24. The molecule has 0 saturated carbocycles. The van der Waals surface area contributed by atoms with Crippen LogP contribution in [0.1, 0.15) is 23.7 Å². The molecule has 0 radical (unpaired) electrons. The number of carbonyl (C=O) groups is 1. The van der Waals surface area contributed by atoms with Crippen molar-refractivity contribution in [1.29, 1.82) is 0 Å². The molecule has 0 spiro atoms. The molecule has 2 rings (SSSR count). The van der Waals surface area contributed by atoms with Crippen LogP contribution in [0.2, 0.25) is 0 Å². The van der Waals surface area contributed by atoms with E-state index in [0.717, 1.165) is 5.56 Å². The minimum atomic E-state index is -2.53. The fourth-order valence-electron chi connectivity index (χ4n) is 2.15. The average Bonchev–Trinajstić information content (AvgIpc) is 2.59. The van der Waals surface area contributed by atoms with Crippen molar-refractivity contribution in [2.45, 2.75) is 25.5 Å². The van der Waals surface area contributed by atoms with E-state index in [0.29, 0.717) is 11.3 Å². The Labute approximate surface area is 139 Å². The van der Waals surface area contributed by atoms with Gasteiger partial charge < -0.3 is 15.2 Å². The van der Waals surface area contributed by atoms with Crippen molar-refractivity contribution >= 4 is 5.91 Å². The molecule has 6 heteroatoms. The van der Waals surface area contributed by atoms with Gasteiger partial charge in [-0.25, -0.2) is 8.78 Å². The molecule has 4 nitrogen and oxygen atoms in total. The van der Waals surface area contributed by atoms with Crippen LogP contribution in [0.4, 0.5) is 8.78 Å². The van der Waals surface area contributed by atoms with Crippen molar-refractivity contribution in [3.8, 4) is 5.75 Å². The molecule has 0 heterocycles. The van der Waals surface area contributed by atoms with Crippen molar-refractivity contribution in [1.82, 2.24) is 5.32 Å². The van der Waals surface area contributed by atoms with E-state index in [1.807, 2.05) is 6.07 Å². The molecular formula is C18H19F2NO3. The number of nitrogens with one attached hydrogen (secondary N) is 1. The smallest absolute Gasteiger partial charge is 0.272 e. The lowest BCUT2D eigenvalue weighted by Gasteiger charge is -2.12. The predicted octanol–water partition coefficient (Wildman–Crippen LogP) is 3.07. The second kappa shape index (κ2) is 8.98. The summed E-state index contributed by atoms with van der Waals surface area (Å²) >= 11 is 0. The summed E-state index contributed by atoms with van der Waals surface area (Å²) in [6.07, 6.45) is -3.45. The standard InChI is InChI=1S/C18H19F2NO3/c19-17(20)12-24-15-8-4-5-13(9-15)11-21-18(23)10-16(22)14-6-2-1-3-7-14/h1-9,16-17,22H,10-12H2,(H,21,23). The zero-order valence-electron chi connectivity index (χ0n) is 13.0. The average molecular weight is 335 g/mol. The van der Waals surface area contributed by atoms with E-state index in [1.165, 1.54) is 0 Å². The third kappa shape index (κ3) is 5.96. The van der Waals surface area contributed by atoms with Crippen molar-refractivity contribution in [2.75, 3.05) is 6.61 Å². The molecule has 0 aliphatic carbocycles. The van der Waals surface area contributed by atoms with Crippen LogP contribution in [-0.4, -0.2) is 24.0 Å². The van der Waals surface area contributed by atoms with Gasteiger partial charge in [0.1, 0.15) is 12.4 Å². The Morgan fingerprint density at radius 2 is 1.88 bits per heavy atom. The number of amides is 1. The highest BCUT2D eigenvalue weighted by atomic mass is 19.3. The number of halogens is 2. The second-order valence-electron chi connectivity index (χ2n) is 5.26. The molecule has 0 bridgehead atoms. The first-order valence-electron chi connectivity index (χ1n) is 7.54. The SMILES string of the molecule is O=C(CC(O)c1ccccc1)NCc1cccc(OCC(F)F)c1. The maximum atomic E-state index is 12.1. The Morgan fingerprint density at radius 1 is 1.12 bits per heavy atom. The molecule has 0 aromatic heterocycles. The molecule has 0 saturated heterocycles. The van der Waals surface area contributed by atoms with Gasteiger partial charge in [0.05, 0.1) is 12.5 Å². The van der Waals surface area contributed by atoms with E-state index >= 15 is 0 Å². The van der Waals surface area contributed by atoms with E-state index in [4.69, 9.17) is 4.74 Å². The monoisotopic (exact) mass is 335 g/mol. The zero-order chi connectivity index (χ0) is 17.4. The highest BCUT2D eigenvalue weighted by molar-refractivity contribution is 5.76. The lowest BCUT2D eigenvalue weighted by atomic mass is 10.1. The predicted molar refractivity (Wildman–Crippen MR) is 85.8 cm³/mol. The molecule has 24 heavy (non-hydrogen) atoms. The Balaban J connectivity index is 1.82. The Kier molecular flexibility index (Phi) is 6.69. The largest absolute Gasteiger partial charge is 0.488 e. The fourth-order valence-corrected chi connectivity index (χ4v) is 2.15. The fraction of sp³-hybridized carbons (Fsp3) is 0.278. The Hall–Kier alpha value is -2.47. The van der Waals surface area contributed by atoms with Crippen molar-refractivity contribution < 1.29 is 23.4 Å². The number of aliphatic hydroxyl groups is 1. The first kappa shape index (κ1) is 17.9. The van der Waals surface area contributed by atoms with E-state index in [-0.39, 0.29) is 18.9 Å². The maximum Gasteiger partial charge on any atom is 0.272 e. The van der Waals surface area contributed by atoms with E-state index in [2.05, 4.69) is 5.32 Å². The summed E-state index contributed by atoms with van der Waals surface area (Å²) in [5, 5.41) is 12.7. The maximum absolute atomic E-state index is 12.1. The number of hydrogen-bond acceptors (Lipinski definition) is 3. The normalized spacial score (nSPS) is 12.0. The van der Waals surface area contributed by atoms with Crippen molar-refractivity contribution in [3.63, 3.8) is 0 Å². The van der Waals surface area contributed by atoms with Gasteiger partial charge in [-0.1, -0.05) is 42.5 Å². The van der Waals surface area contributed by atoms with Crippen molar-refractivity contribution in [2.24, 2.45) is 0 Å². The first-order chi connectivity index (χ1) is 11.5. The third-order valence-electron chi connectivity index (χ3n) is 3.33. The number of rotatable bonds is 8. The van der Waals surface area contributed by atoms with Crippen LogP contribution >= 0.6 is 0 Å². The van der Waals surface area contributed by atoms with Crippen LogP contribution in [-0.2, 0) is 11.3 Å². The quantitative estimate of drug-likeness (QED) is 0.779. The molecule has 2 aromatic rings. The zero-order valence-corrected chi connectivity index (χ0v) is 13.0. The molecule has 0 aliphatic rings. The molecule has 1 atom stereocenters. The van der Waals surface area contributed by atoms with E-state index < -0.39 is 19.1 Å². The molecule has 1 amide bonds. The molecular weight excluding hydrogens is 316 g/mol. The summed E-state index contributed by atoms with van der Waals surface area (Å²) in [6.45, 7) is -0.439. The van der Waals surface area contributed by atoms with Crippen LogP contribution in [0.15, 0.2) is 54.6 Å². The number of aliphatic hydroxyl groups excluding tert-OH is 1. The van der Waals surface area contributed by atoms with Gasteiger partial charge >= 0.3 is 0 Å². The molecule has 0 aliphatic heterocycles. The van der Waals surface area contributed by atoms with Gasteiger partial charge in [-0.15, -0.1) is 0 Å². The molecule has 0 fully saturated rings. The summed E-state index contributed by atoms with van der Waals surface area (Å²) in [5.74, 6) is 0.0247. The van der Waals surface area contributed by atoms with E-state index in [9.17, 15) is 18.7 Å². The highest BCUT2D eigenvalue weighted by Crippen LogP contribution is 2.16. The van der Waals surface area contributed by atoms with E-state index in [1.54, 1.807) is 48.5 Å². The number of benzene rings is 2. The van der Waals surface area contributed by atoms with Gasteiger partial charge in [0.15, 0.2) is 0 Å². The highest BCUT2D eigenvalue weighted by Gasteiger charge is 2.12. The number of carbonyl (C=O) groups excluding carboxylic acids is 1. The number of ether oxygens (including phenoxy) is 1. The lowest BCUT2D eigenvalue weighted by molar-refractivity contribution is -0.123. The molecule has 2 aromatic carbocycles. The van der Waals surface area contributed by atoms with Crippen molar-refractivity contribution in [3.05, 3.63) is 65.7 Å². The minimum Gasteiger partial charge on any atom is -0.488 e. The van der Waals surface area contributed by atoms with Gasteiger partial charge in [-0.05, 0) is 23.3 Å². The van der Waals surface area contributed by atoms with Gasteiger partial charge in [-0.2, -0.15) is 0 Å². The van der Waals surface area contributed by atoms with Gasteiger partial charge in [0, 0.05) is 6.54 Å². The van der Waals surface area contributed by atoms with Gasteiger partial charge in [0.2, 0.25) is 5.91 Å². The van der Waals surface area contributed by atoms with Crippen LogP contribution in [0.5, 0.6) is 5.75 Å². The Morgan fingerprint density at radius 3 is 2.58 bits per heavy atom. The third-order valence-corrected chi connectivity index (χ3v) is 3.33. The number of hydrogen-bond donors (Lipinski definition) is 2. The van der Waals surface area contributed by atoms with Crippen LogP contribution < -0.4 is 10.1 Å². The summed E-state index contributed by atoms with van der Waals surface area (Å²) < 4.78 is 29.2. The summed E-state index contributed by atoms with van der Waals surface area (Å²) in [7, 11) is 0. The first-order valence-corrected chi connectivity index (χ1v) is 7.54. The number of alkyl halides is 2. The van der Waals surface area contributed by atoms with Gasteiger partial charge in [-0.3, -0.25) is 4.79 Å². The summed E-state index contributed by atoms with van der Waals surface area (Å²) in [5.41, 5.74) is 1.40. The summed E-state index contributed by atoms with van der Waals surface area (Å²) in [4.78, 5) is 11.9. The Bertz CT molecular complexity index is 650. The second-order valence-corrected chi connectivity index (χ2v) is 5.26. The van der Waals surface area contributed by atoms with Crippen LogP contribution in [0, 0.1) is 0 Å². The van der Waals surface area contributed by atoms with Crippen LogP contribution in [0.3, 0.4) is 0 Å². The van der Waals surface area contributed by atoms with Gasteiger partial charge in [0.25, 0.3) is 6.43 Å². The van der Waals surface area contributed by atoms with Crippen LogP contribution in [0.25, 0.3) is 0 Å². The molecule has 2 N–H and O–H groups in total. The topological polar surface area (TPSA) is 58.6 Å².